The summed E-state index contributed by atoms with van der Waals surface area (Å²) in [5, 5.41) is 3.05. The fourth-order valence-electron chi connectivity index (χ4n) is 2.02. The third kappa shape index (κ3) is 9.80. The minimum Gasteiger partial charge on any atom is -0.370 e. The van der Waals surface area contributed by atoms with E-state index in [0.717, 1.165) is 13.0 Å². The predicted molar refractivity (Wildman–Crippen MR) is 107 cm³/mol. The van der Waals surface area contributed by atoms with Gasteiger partial charge >= 0.3 is 0 Å². The number of hydrogen-bond donors (Lipinski definition) is 2. The summed E-state index contributed by atoms with van der Waals surface area (Å²) in [6.45, 7) is 3.41. The molecule has 5 nitrogen and oxygen atoms in total. The first kappa shape index (κ1) is 22.2. The maximum absolute atomic E-state index is 12.1. The maximum atomic E-state index is 12.1. The van der Waals surface area contributed by atoms with Crippen molar-refractivity contribution < 1.29 is 8.42 Å². The lowest BCUT2D eigenvalue weighted by Crippen LogP contribution is -2.32. The van der Waals surface area contributed by atoms with Gasteiger partial charge in [-0.1, -0.05) is 44.4 Å². The molecule has 1 aromatic carbocycles. The monoisotopic (exact) mass is 453 g/mol. The summed E-state index contributed by atoms with van der Waals surface area (Å²) in [7, 11) is -3.22. The Morgan fingerprint density at radius 1 is 1.13 bits per heavy atom. The number of nitrogens with two attached hydrogens (primary N) is 1. The Kier molecular flexibility index (Phi) is 12.1. The number of nitrogens with one attached hydrogen (secondary N) is 1. The van der Waals surface area contributed by atoms with Crippen LogP contribution in [0.5, 0.6) is 0 Å². The molecule has 3 N–H and O–H groups in total. The van der Waals surface area contributed by atoms with Gasteiger partial charge in [0.25, 0.3) is 0 Å². The number of rotatable bonds is 10. The average molecular weight is 453 g/mol. The number of aliphatic imine (C=N–C) groups is 1. The van der Waals surface area contributed by atoms with Gasteiger partial charge in [0.1, 0.15) is 0 Å². The molecule has 1 aromatic rings. The van der Waals surface area contributed by atoms with Gasteiger partial charge in [-0.05, 0) is 25.0 Å². The molecule has 0 bridgehead atoms. The normalized spacial score (nSPS) is 11.8. The lowest BCUT2D eigenvalue weighted by Gasteiger charge is -2.06. The molecular weight excluding hydrogens is 425 g/mol. The lowest BCUT2D eigenvalue weighted by molar-refractivity contribution is 0.593. The Morgan fingerprint density at radius 2 is 1.83 bits per heavy atom. The van der Waals surface area contributed by atoms with Crippen molar-refractivity contribution in [3.8, 4) is 0 Å². The van der Waals surface area contributed by atoms with Crippen molar-refractivity contribution in [3.63, 3.8) is 0 Å². The van der Waals surface area contributed by atoms with E-state index in [0.29, 0.717) is 23.8 Å². The van der Waals surface area contributed by atoms with Crippen LogP contribution in [0.3, 0.4) is 0 Å². The van der Waals surface area contributed by atoms with Crippen LogP contribution in [-0.4, -0.2) is 33.2 Å². The zero-order valence-corrected chi connectivity index (χ0v) is 16.8. The molecule has 23 heavy (non-hydrogen) atoms. The number of halogens is 1. The molecule has 0 saturated carbocycles. The Bertz CT molecular complexity index is 548. The molecule has 0 heterocycles. The first-order valence-corrected chi connectivity index (χ1v) is 9.53. The third-order valence-electron chi connectivity index (χ3n) is 3.29. The summed E-state index contributed by atoms with van der Waals surface area (Å²) in [4.78, 5) is 4.52. The van der Waals surface area contributed by atoms with Gasteiger partial charge < -0.3 is 11.1 Å². The molecule has 7 heteroatoms. The highest BCUT2D eigenvalue weighted by Crippen LogP contribution is 2.10. The van der Waals surface area contributed by atoms with E-state index in [1.54, 1.807) is 30.3 Å². The van der Waals surface area contributed by atoms with Crippen LogP contribution in [0.25, 0.3) is 0 Å². The molecule has 132 valence electrons. The zero-order chi connectivity index (χ0) is 16.3. The largest absolute Gasteiger partial charge is 0.370 e. The summed E-state index contributed by atoms with van der Waals surface area (Å²) in [5.74, 6) is 0.484. The Morgan fingerprint density at radius 3 is 2.48 bits per heavy atom. The Labute approximate surface area is 157 Å². The SMILES string of the molecule is CCCCCCNC(N)=NCCCS(=O)(=O)c1ccccc1.I. The van der Waals surface area contributed by atoms with E-state index in [1.165, 1.54) is 19.3 Å². The topological polar surface area (TPSA) is 84.5 Å². The molecule has 0 saturated heterocycles. The van der Waals surface area contributed by atoms with Crippen LogP contribution in [0, 0.1) is 0 Å². The van der Waals surface area contributed by atoms with Gasteiger partial charge in [-0.25, -0.2) is 8.42 Å². The Hall–Kier alpha value is -0.830. The van der Waals surface area contributed by atoms with Gasteiger partial charge in [-0.3, -0.25) is 4.99 Å². The van der Waals surface area contributed by atoms with Gasteiger partial charge in [0.05, 0.1) is 10.6 Å². The van der Waals surface area contributed by atoms with Crippen molar-refractivity contribution in [2.45, 2.75) is 43.9 Å². The first-order valence-electron chi connectivity index (χ1n) is 7.88. The highest BCUT2D eigenvalue weighted by molar-refractivity contribution is 14.0. The highest BCUT2D eigenvalue weighted by Gasteiger charge is 2.12. The van der Waals surface area contributed by atoms with E-state index in [2.05, 4.69) is 17.2 Å². The molecule has 0 spiro atoms. The number of nitrogens with zero attached hydrogens (tertiary/aromatic N) is 1. The van der Waals surface area contributed by atoms with E-state index in [9.17, 15) is 8.42 Å². The minimum atomic E-state index is -3.22. The van der Waals surface area contributed by atoms with Crippen LogP contribution < -0.4 is 11.1 Å². The number of hydrogen-bond acceptors (Lipinski definition) is 3. The van der Waals surface area contributed by atoms with Crippen LogP contribution in [0.4, 0.5) is 0 Å². The van der Waals surface area contributed by atoms with Crippen LogP contribution >= 0.6 is 24.0 Å². The van der Waals surface area contributed by atoms with Gasteiger partial charge in [0, 0.05) is 13.1 Å². The summed E-state index contributed by atoms with van der Waals surface area (Å²) in [6, 6.07) is 8.49. The van der Waals surface area contributed by atoms with Gasteiger partial charge in [-0.2, -0.15) is 0 Å². The van der Waals surface area contributed by atoms with Crippen LogP contribution in [0.2, 0.25) is 0 Å². The van der Waals surface area contributed by atoms with Crippen LogP contribution in [0.15, 0.2) is 40.2 Å². The Balaban J connectivity index is 0.00000484. The maximum Gasteiger partial charge on any atom is 0.188 e. The van der Waals surface area contributed by atoms with Crippen LogP contribution in [-0.2, 0) is 9.84 Å². The predicted octanol–water partition coefficient (Wildman–Crippen LogP) is 2.95. The molecule has 0 amide bonds. The van der Waals surface area contributed by atoms with Crippen LogP contribution in [0.1, 0.15) is 39.0 Å². The van der Waals surface area contributed by atoms with Crippen molar-refractivity contribution in [3.05, 3.63) is 30.3 Å². The van der Waals surface area contributed by atoms with Crippen molar-refractivity contribution >= 4 is 39.8 Å². The molecule has 0 radical (unpaired) electrons. The van der Waals surface area contributed by atoms with E-state index in [1.807, 2.05) is 0 Å². The molecule has 0 aliphatic rings. The molecule has 0 aliphatic heterocycles. The zero-order valence-electron chi connectivity index (χ0n) is 13.7. The molecule has 0 atom stereocenters. The third-order valence-corrected chi connectivity index (χ3v) is 5.11. The van der Waals surface area contributed by atoms with Crippen molar-refractivity contribution in [2.75, 3.05) is 18.8 Å². The summed E-state index contributed by atoms with van der Waals surface area (Å²) < 4.78 is 24.1. The minimum absolute atomic E-state index is 0. The summed E-state index contributed by atoms with van der Waals surface area (Å²) in [6.07, 6.45) is 5.17. The molecule has 0 aromatic heterocycles. The second-order valence-corrected chi connectivity index (χ2v) is 7.35. The first-order chi connectivity index (χ1) is 10.6. The van der Waals surface area contributed by atoms with Crippen molar-refractivity contribution in [1.82, 2.24) is 5.32 Å². The van der Waals surface area contributed by atoms with Crippen molar-refractivity contribution in [2.24, 2.45) is 10.7 Å². The number of guanidine groups is 1. The van der Waals surface area contributed by atoms with E-state index >= 15 is 0 Å². The lowest BCUT2D eigenvalue weighted by atomic mass is 10.2. The number of sulfone groups is 1. The van der Waals surface area contributed by atoms with Gasteiger partial charge in [0.15, 0.2) is 15.8 Å². The van der Waals surface area contributed by atoms with E-state index < -0.39 is 9.84 Å². The quantitative estimate of drug-likeness (QED) is 0.247. The highest BCUT2D eigenvalue weighted by atomic mass is 127. The van der Waals surface area contributed by atoms with Gasteiger partial charge in [-0.15, -0.1) is 24.0 Å². The summed E-state index contributed by atoms with van der Waals surface area (Å²) in [5.41, 5.74) is 5.74. The second-order valence-electron chi connectivity index (χ2n) is 5.24. The second kappa shape index (κ2) is 12.6. The number of benzene rings is 1. The number of unbranched alkanes of at least 4 members (excludes halogenated alkanes) is 3. The van der Waals surface area contributed by atoms with E-state index in [-0.39, 0.29) is 29.7 Å². The standard InChI is InChI=1S/C16H27N3O2S.HI/c1-2-3-4-8-12-18-16(17)19-13-9-14-22(20,21)15-10-6-5-7-11-15;/h5-7,10-11H,2-4,8-9,12-14H2,1H3,(H3,17,18,19);1H. The molecule has 1 rings (SSSR count). The smallest absolute Gasteiger partial charge is 0.188 e. The van der Waals surface area contributed by atoms with E-state index in [4.69, 9.17) is 5.73 Å². The fraction of sp³-hybridized carbons (Fsp3) is 0.562. The van der Waals surface area contributed by atoms with Crippen molar-refractivity contribution in [1.29, 1.82) is 0 Å². The molecule has 0 fully saturated rings. The fourth-order valence-corrected chi connectivity index (χ4v) is 3.34. The summed E-state index contributed by atoms with van der Waals surface area (Å²) >= 11 is 0. The van der Waals surface area contributed by atoms with Gasteiger partial charge in [0.2, 0.25) is 0 Å². The molecule has 0 aliphatic carbocycles. The molecular formula is C16H28IN3O2S. The molecule has 0 unspecified atom stereocenters. The average Bonchev–Trinajstić information content (AvgIpc) is 2.52.